The molecule has 0 saturated heterocycles. The number of amides is 2. The monoisotopic (exact) mass is 444 g/mol. The smallest absolute Gasteiger partial charge is 0.317 e. The number of methoxy groups -OCH3 is 1. The molecule has 6 nitrogen and oxygen atoms in total. The van der Waals surface area contributed by atoms with Crippen molar-refractivity contribution in [2.24, 2.45) is 0 Å². The Morgan fingerprint density at radius 3 is 2.77 bits per heavy atom. The summed E-state index contributed by atoms with van der Waals surface area (Å²) >= 11 is 1.57. The summed E-state index contributed by atoms with van der Waals surface area (Å²) in [5, 5.41) is 5.30. The number of rotatable bonds is 8. The fourth-order valence-electron chi connectivity index (χ4n) is 4.05. The second kappa shape index (κ2) is 10.2. The molecule has 8 heteroatoms. The van der Waals surface area contributed by atoms with Crippen LogP contribution in [0.1, 0.15) is 37.8 Å². The summed E-state index contributed by atoms with van der Waals surface area (Å²) in [6.07, 6.45) is 8.47. The Labute approximate surface area is 186 Å². The molecule has 1 fully saturated rings. The van der Waals surface area contributed by atoms with E-state index in [9.17, 15) is 9.18 Å². The average Bonchev–Trinajstić information content (AvgIpc) is 3.36. The summed E-state index contributed by atoms with van der Waals surface area (Å²) < 4.78 is 20.5. The number of carbonyl (C=O) groups is 1. The van der Waals surface area contributed by atoms with Gasteiger partial charge in [-0.25, -0.2) is 14.2 Å². The summed E-state index contributed by atoms with van der Waals surface area (Å²) in [5.74, 6) is -0.256. The quantitative estimate of drug-likeness (QED) is 0.546. The number of halogens is 1. The Balaban J connectivity index is 1.43. The lowest BCUT2D eigenvalue weighted by Crippen LogP contribution is -2.47. The lowest BCUT2D eigenvalue weighted by Gasteiger charge is -2.28. The molecule has 31 heavy (non-hydrogen) atoms. The molecular weight excluding hydrogens is 415 g/mol. The SMILES string of the molecule is COCCN(CCc1csc2nc(-c3ccc(F)cc3)cn12)C(=O)NC1CCCCC1. The van der Waals surface area contributed by atoms with Crippen molar-refractivity contribution in [3.8, 4) is 11.3 Å². The minimum atomic E-state index is -0.256. The van der Waals surface area contributed by atoms with Gasteiger partial charge in [0, 0.05) is 55.5 Å². The fraction of sp³-hybridized carbons (Fsp3) is 0.478. The number of ether oxygens (including phenoxy) is 1. The molecule has 2 aromatic heterocycles. The number of benzene rings is 1. The number of hydrogen-bond donors (Lipinski definition) is 1. The Morgan fingerprint density at radius 1 is 1.26 bits per heavy atom. The number of nitrogens with one attached hydrogen (secondary N) is 1. The molecule has 1 aromatic carbocycles. The van der Waals surface area contributed by atoms with Gasteiger partial charge in [0.1, 0.15) is 5.82 Å². The van der Waals surface area contributed by atoms with Gasteiger partial charge in [-0.3, -0.25) is 4.40 Å². The van der Waals surface area contributed by atoms with Crippen molar-refractivity contribution in [3.63, 3.8) is 0 Å². The van der Waals surface area contributed by atoms with E-state index in [1.54, 1.807) is 30.6 Å². The predicted octanol–water partition coefficient (Wildman–Crippen LogP) is 4.74. The van der Waals surface area contributed by atoms with Crippen LogP contribution >= 0.6 is 11.3 Å². The van der Waals surface area contributed by atoms with Crippen LogP contribution in [-0.2, 0) is 11.2 Å². The van der Waals surface area contributed by atoms with E-state index in [2.05, 4.69) is 20.1 Å². The topological polar surface area (TPSA) is 58.9 Å². The van der Waals surface area contributed by atoms with Crippen LogP contribution in [0.25, 0.3) is 16.2 Å². The number of carbonyl (C=O) groups excluding carboxylic acids is 1. The van der Waals surface area contributed by atoms with E-state index in [0.29, 0.717) is 19.7 Å². The van der Waals surface area contributed by atoms with Crippen molar-refractivity contribution in [1.82, 2.24) is 19.6 Å². The zero-order valence-corrected chi connectivity index (χ0v) is 18.7. The van der Waals surface area contributed by atoms with Crippen LogP contribution in [0.4, 0.5) is 9.18 Å². The number of aromatic nitrogens is 2. The third-order valence-corrected chi connectivity index (χ3v) is 6.74. The average molecular weight is 445 g/mol. The highest BCUT2D eigenvalue weighted by Gasteiger charge is 2.20. The van der Waals surface area contributed by atoms with E-state index < -0.39 is 0 Å². The second-order valence-electron chi connectivity index (χ2n) is 8.03. The first-order valence-electron chi connectivity index (χ1n) is 10.9. The Bertz CT molecular complexity index is 995. The van der Waals surface area contributed by atoms with E-state index in [0.717, 1.165) is 41.2 Å². The molecule has 0 aliphatic heterocycles. The summed E-state index contributed by atoms with van der Waals surface area (Å²) in [6, 6.07) is 6.65. The number of imidazole rings is 1. The molecule has 2 amide bonds. The fourth-order valence-corrected chi connectivity index (χ4v) is 4.95. The highest BCUT2D eigenvalue weighted by atomic mass is 32.1. The van der Waals surface area contributed by atoms with Gasteiger partial charge in [-0.05, 0) is 37.1 Å². The van der Waals surface area contributed by atoms with Crippen LogP contribution < -0.4 is 5.32 Å². The van der Waals surface area contributed by atoms with E-state index >= 15 is 0 Å². The van der Waals surface area contributed by atoms with Gasteiger partial charge >= 0.3 is 6.03 Å². The maximum Gasteiger partial charge on any atom is 0.317 e. The predicted molar refractivity (Wildman–Crippen MR) is 121 cm³/mol. The molecule has 4 rings (SSSR count). The molecule has 1 saturated carbocycles. The van der Waals surface area contributed by atoms with Crippen LogP contribution in [0.15, 0.2) is 35.8 Å². The zero-order chi connectivity index (χ0) is 21.6. The summed E-state index contributed by atoms with van der Waals surface area (Å²) in [7, 11) is 1.65. The van der Waals surface area contributed by atoms with Gasteiger partial charge in [0.05, 0.1) is 12.3 Å². The highest BCUT2D eigenvalue weighted by molar-refractivity contribution is 7.15. The lowest BCUT2D eigenvalue weighted by atomic mass is 9.96. The Hall–Kier alpha value is -2.45. The number of fused-ring (bicyclic) bond motifs is 1. The van der Waals surface area contributed by atoms with Crippen LogP contribution in [0.2, 0.25) is 0 Å². The van der Waals surface area contributed by atoms with Crippen molar-refractivity contribution < 1.29 is 13.9 Å². The van der Waals surface area contributed by atoms with E-state index in [1.807, 2.05) is 11.1 Å². The van der Waals surface area contributed by atoms with Crippen molar-refractivity contribution in [2.75, 3.05) is 26.8 Å². The molecule has 0 unspecified atom stereocenters. The molecule has 0 spiro atoms. The maximum atomic E-state index is 13.2. The standard InChI is InChI=1S/C23H29FN4O2S/c1-30-14-13-27(22(29)25-19-5-3-2-4-6-19)12-11-20-16-31-23-26-21(15-28(20)23)17-7-9-18(24)10-8-17/h7-10,15-16,19H,2-6,11-14H2,1H3,(H,25,29). The van der Waals surface area contributed by atoms with Gasteiger partial charge in [0.15, 0.2) is 4.96 Å². The Kier molecular flexibility index (Phi) is 7.19. The second-order valence-corrected chi connectivity index (χ2v) is 8.86. The van der Waals surface area contributed by atoms with E-state index in [4.69, 9.17) is 4.74 Å². The van der Waals surface area contributed by atoms with Gasteiger partial charge in [-0.2, -0.15) is 0 Å². The zero-order valence-electron chi connectivity index (χ0n) is 17.8. The van der Waals surface area contributed by atoms with Crippen LogP contribution in [0.5, 0.6) is 0 Å². The first-order valence-corrected chi connectivity index (χ1v) is 11.8. The van der Waals surface area contributed by atoms with E-state index in [1.165, 1.54) is 31.4 Å². The van der Waals surface area contributed by atoms with Crippen molar-refractivity contribution >= 4 is 22.3 Å². The number of hydrogen-bond acceptors (Lipinski definition) is 4. The number of thiazole rings is 1. The van der Waals surface area contributed by atoms with Crippen molar-refractivity contribution in [2.45, 2.75) is 44.6 Å². The van der Waals surface area contributed by atoms with Crippen molar-refractivity contribution in [3.05, 3.63) is 47.4 Å². The normalized spacial score (nSPS) is 14.8. The van der Waals surface area contributed by atoms with Crippen molar-refractivity contribution in [1.29, 1.82) is 0 Å². The first-order chi connectivity index (χ1) is 15.1. The van der Waals surface area contributed by atoms with E-state index in [-0.39, 0.29) is 17.9 Å². The van der Waals surface area contributed by atoms with Gasteiger partial charge < -0.3 is 15.0 Å². The number of nitrogens with zero attached hydrogens (tertiary/aromatic N) is 3. The molecule has 2 heterocycles. The van der Waals surface area contributed by atoms with Gasteiger partial charge in [0.2, 0.25) is 0 Å². The third kappa shape index (κ3) is 5.43. The van der Waals surface area contributed by atoms with Crippen LogP contribution in [0.3, 0.4) is 0 Å². The first kappa shape index (κ1) is 21.8. The summed E-state index contributed by atoms with van der Waals surface area (Å²) in [6.45, 7) is 1.68. The number of urea groups is 1. The molecule has 166 valence electrons. The van der Waals surface area contributed by atoms with Gasteiger partial charge in [-0.15, -0.1) is 11.3 Å². The summed E-state index contributed by atoms with van der Waals surface area (Å²) in [5.41, 5.74) is 2.81. The summed E-state index contributed by atoms with van der Waals surface area (Å²) in [4.78, 5) is 20.3. The van der Waals surface area contributed by atoms with Gasteiger partial charge in [0.25, 0.3) is 0 Å². The molecular formula is C23H29FN4O2S. The minimum absolute atomic E-state index is 0.00643. The molecule has 3 aromatic rings. The molecule has 1 aliphatic carbocycles. The molecule has 1 N–H and O–H groups in total. The Morgan fingerprint density at radius 2 is 2.03 bits per heavy atom. The van der Waals surface area contributed by atoms with Crippen LogP contribution in [-0.4, -0.2) is 53.2 Å². The van der Waals surface area contributed by atoms with Crippen LogP contribution in [0, 0.1) is 5.82 Å². The highest BCUT2D eigenvalue weighted by Crippen LogP contribution is 2.24. The third-order valence-electron chi connectivity index (χ3n) is 5.85. The molecule has 0 radical (unpaired) electrons. The van der Waals surface area contributed by atoms with Gasteiger partial charge in [-0.1, -0.05) is 19.3 Å². The molecule has 0 bridgehead atoms. The maximum absolute atomic E-state index is 13.2. The molecule has 1 aliphatic rings. The minimum Gasteiger partial charge on any atom is -0.383 e. The lowest BCUT2D eigenvalue weighted by molar-refractivity contribution is 0.146. The molecule has 0 atom stereocenters. The largest absolute Gasteiger partial charge is 0.383 e.